The highest BCUT2D eigenvalue weighted by atomic mass is 32.2. The van der Waals surface area contributed by atoms with Gasteiger partial charge in [-0.15, -0.1) is 0 Å². The third-order valence-corrected chi connectivity index (χ3v) is 9.93. The van der Waals surface area contributed by atoms with Crippen molar-refractivity contribution >= 4 is 42.6 Å². The third kappa shape index (κ3) is 7.11. The molecule has 1 aliphatic heterocycles. The summed E-state index contributed by atoms with van der Waals surface area (Å²) in [5, 5.41) is 4.05. The second-order valence-electron chi connectivity index (χ2n) is 9.68. The van der Waals surface area contributed by atoms with Crippen LogP contribution in [0.1, 0.15) is 49.9 Å². The highest BCUT2D eigenvalue weighted by Crippen LogP contribution is 2.29. The number of unbranched alkanes of at least 4 members (excludes halogenated alkanes) is 2. The number of amides is 1. The summed E-state index contributed by atoms with van der Waals surface area (Å²) >= 11 is 1.73. The molecule has 2 aromatic carbocycles. The quantitative estimate of drug-likeness (QED) is 0.335. The van der Waals surface area contributed by atoms with E-state index in [-0.39, 0.29) is 10.8 Å². The molecule has 0 spiro atoms. The van der Waals surface area contributed by atoms with Crippen molar-refractivity contribution in [2.24, 2.45) is 0 Å². The lowest BCUT2D eigenvalue weighted by Crippen LogP contribution is -2.48. The number of fused-ring (bicyclic) bond motifs is 1. The van der Waals surface area contributed by atoms with Gasteiger partial charge in [-0.05, 0) is 49.2 Å². The minimum Gasteiger partial charge on any atom is -0.351 e. The van der Waals surface area contributed by atoms with E-state index >= 15 is 0 Å². The molecule has 0 radical (unpaired) electrons. The van der Waals surface area contributed by atoms with Crippen LogP contribution in [0.2, 0.25) is 0 Å². The number of anilines is 1. The van der Waals surface area contributed by atoms with E-state index in [1.807, 2.05) is 12.1 Å². The van der Waals surface area contributed by atoms with Crippen LogP contribution < -0.4 is 10.2 Å². The lowest BCUT2D eigenvalue weighted by atomic mass is 10.2. The van der Waals surface area contributed by atoms with E-state index in [4.69, 9.17) is 4.98 Å². The molecular formula is C28H39N5O3S2. The lowest BCUT2D eigenvalue weighted by molar-refractivity contribution is 0.0947. The van der Waals surface area contributed by atoms with E-state index in [1.165, 1.54) is 4.70 Å². The molecule has 1 amide bonds. The first kappa shape index (κ1) is 28.5. The molecule has 1 N–H and O–H groups in total. The van der Waals surface area contributed by atoms with Crippen LogP contribution in [0, 0.1) is 0 Å². The van der Waals surface area contributed by atoms with Gasteiger partial charge in [0.25, 0.3) is 5.91 Å². The van der Waals surface area contributed by atoms with Gasteiger partial charge in [-0.2, -0.15) is 4.31 Å². The van der Waals surface area contributed by atoms with E-state index < -0.39 is 10.0 Å². The maximum atomic E-state index is 13.1. The molecule has 10 heteroatoms. The van der Waals surface area contributed by atoms with E-state index in [0.29, 0.717) is 25.2 Å². The van der Waals surface area contributed by atoms with Crippen molar-refractivity contribution < 1.29 is 13.2 Å². The fraction of sp³-hybridized carbons (Fsp3) is 0.500. The van der Waals surface area contributed by atoms with Gasteiger partial charge in [-0.1, -0.05) is 50.2 Å². The number of nitrogens with zero attached hydrogens (tertiary/aromatic N) is 4. The first-order valence-corrected chi connectivity index (χ1v) is 15.9. The molecule has 8 nitrogen and oxygen atoms in total. The first-order valence-electron chi connectivity index (χ1n) is 13.6. The van der Waals surface area contributed by atoms with Crippen LogP contribution in [0.5, 0.6) is 0 Å². The average molecular weight is 558 g/mol. The van der Waals surface area contributed by atoms with Crippen molar-refractivity contribution in [1.29, 1.82) is 0 Å². The van der Waals surface area contributed by atoms with Crippen molar-refractivity contribution in [2.45, 2.75) is 44.4 Å². The molecule has 206 valence electrons. The molecule has 0 unspecified atom stereocenters. The molecule has 1 saturated heterocycles. The first-order chi connectivity index (χ1) is 18.4. The minimum absolute atomic E-state index is 0.184. The number of piperazine rings is 1. The summed E-state index contributed by atoms with van der Waals surface area (Å²) in [5.41, 5.74) is 1.52. The normalized spacial score (nSPS) is 14.9. The van der Waals surface area contributed by atoms with Crippen LogP contribution >= 0.6 is 11.3 Å². The Kier molecular flexibility index (Phi) is 10.1. The van der Waals surface area contributed by atoms with E-state index in [9.17, 15) is 13.2 Å². The number of nitrogens with one attached hydrogen (secondary N) is 1. The number of benzene rings is 2. The van der Waals surface area contributed by atoms with Gasteiger partial charge >= 0.3 is 0 Å². The Labute approximate surface area is 230 Å². The summed E-state index contributed by atoms with van der Waals surface area (Å²) < 4.78 is 29.1. The van der Waals surface area contributed by atoms with Gasteiger partial charge in [0.1, 0.15) is 0 Å². The number of sulfonamides is 1. The summed E-state index contributed by atoms with van der Waals surface area (Å²) in [6.45, 7) is 10.2. The van der Waals surface area contributed by atoms with E-state index in [0.717, 1.165) is 69.1 Å². The number of carbonyl (C=O) groups is 1. The summed E-state index contributed by atoms with van der Waals surface area (Å²) in [6, 6.07) is 14.5. The molecule has 0 bridgehead atoms. The maximum absolute atomic E-state index is 13.1. The second kappa shape index (κ2) is 13.5. The summed E-state index contributed by atoms with van der Waals surface area (Å²) in [4.78, 5) is 22.4. The van der Waals surface area contributed by atoms with Gasteiger partial charge < -0.3 is 10.2 Å². The van der Waals surface area contributed by atoms with Gasteiger partial charge in [-0.3, -0.25) is 9.69 Å². The second-order valence-corrected chi connectivity index (χ2v) is 12.6. The Balaban J connectivity index is 1.24. The zero-order valence-corrected chi connectivity index (χ0v) is 24.1. The number of aromatic nitrogens is 1. The summed E-state index contributed by atoms with van der Waals surface area (Å²) in [5.74, 6) is -0.184. The SMILES string of the molecule is CCCCN(CCCC)S(=O)(=O)c1ccc(C(=O)NCCN2CCN(c3nc4ccccc4s3)CC2)cc1. The van der Waals surface area contributed by atoms with Crippen molar-refractivity contribution in [3.63, 3.8) is 0 Å². The maximum Gasteiger partial charge on any atom is 0.251 e. The highest BCUT2D eigenvalue weighted by molar-refractivity contribution is 7.89. The number of hydrogen-bond donors (Lipinski definition) is 1. The lowest BCUT2D eigenvalue weighted by Gasteiger charge is -2.34. The zero-order chi connectivity index (χ0) is 27.0. The molecule has 38 heavy (non-hydrogen) atoms. The number of para-hydroxylation sites is 1. The highest BCUT2D eigenvalue weighted by Gasteiger charge is 2.24. The molecule has 0 aliphatic carbocycles. The molecule has 2 heterocycles. The zero-order valence-electron chi connectivity index (χ0n) is 22.4. The molecule has 3 aromatic rings. The molecule has 1 aromatic heterocycles. The van der Waals surface area contributed by atoms with Crippen LogP contribution in [0.4, 0.5) is 5.13 Å². The third-order valence-electron chi connectivity index (χ3n) is 6.92. The molecular weight excluding hydrogens is 518 g/mol. The van der Waals surface area contributed by atoms with Crippen LogP contribution in [0.15, 0.2) is 53.4 Å². The van der Waals surface area contributed by atoms with Crippen molar-refractivity contribution in [2.75, 3.05) is 57.3 Å². The molecule has 1 aliphatic rings. The van der Waals surface area contributed by atoms with Crippen LogP contribution in [-0.4, -0.2) is 80.9 Å². The van der Waals surface area contributed by atoms with Crippen LogP contribution in [0.25, 0.3) is 10.2 Å². The average Bonchev–Trinajstić information content (AvgIpc) is 3.38. The number of thiazole rings is 1. The minimum atomic E-state index is -3.56. The number of hydrogen-bond acceptors (Lipinski definition) is 7. The predicted molar refractivity (Wildman–Crippen MR) is 156 cm³/mol. The molecule has 4 rings (SSSR count). The monoisotopic (exact) mass is 557 g/mol. The van der Waals surface area contributed by atoms with Gasteiger partial charge in [0.2, 0.25) is 10.0 Å². The van der Waals surface area contributed by atoms with Crippen LogP contribution in [-0.2, 0) is 10.0 Å². The Morgan fingerprint density at radius 2 is 1.63 bits per heavy atom. The van der Waals surface area contributed by atoms with E-state index in [2.05, 4.69) is 41.1 Å². The van der Waals surface area contributed by atoms with Crippen molar-refractivity contribution in [3.05, 3.63) is 54.1 Å². The molecule has 1 fully saturated rings. The van der Waals surface area contributed by atoms with Gasteiger partial charge in [-0.25, -0.2) is 13.4 Å². The fourth-order valence-corrected chi connectivity index (χ4v) is 7.07. The van der Waals surface area contributed by atoms with Gasteiger partial charge in [0.05, 0.1) is 15.1 Å². The largest absolute Gasteiger partial charge is 0.351 e. The summed E-state index contributed by atoms with van der Waals surface area (Å²) in [6.07, 6.45) is 3.55. The Hall–Kier alpha value is -2.53. The van der Waals surface area contributed by atoms with Gasteiger partial charge in [0, 0.05) is 57.9 Å². The Morgan fingerprint density at radius 1 is 0.974 bits per heavy atom. The number of rotatable bonds is 13. The van der Waals surface area contributed by atoms with E-state index in [1.54, 1.807) is 39.9 Å². The Morgan fingerprint density at radius 3 is 2.26 bits per heavy atom. The fourth-order valence-electron chi connectivity index (χ4n) is 4.54. The Bertz CT molecular complexity index is 1240. The topological polar surface area (TPSA) is 85.8 Å². The summed E-state index contributed by atoms with van der Waals surface area (Å²) in [7, 11) is -3.56. The smallest absolute Gasteiger partial charge is 0.251 e. The van der Waals surface area contributed by atoms with Crippen LogP contribution in [0.3, 0.4) is 0 Å². The van der Waals surface area contributed by atoms with Gasteiger partial charge in [0.15, 0.2) is 5.13 Å². The van der Waals surface area contributed by atoms with Crippen molar-refractivity contribution in [3.8, 4) is 0 Å². The predicted octanol–water partition coefficient (Wildman–Crippen LogP) is 4.44. The molecule has 0 saturated carbocycles. The van der Waals surface area contributed by atoms with Crippen molar-refractivity contribution in [1.82, 2.24) is 19.5 Å². The number of carbonyl (C=O) groups excluding carboxylic acids is 1. The molecule has 0 atom stereocenters. The standard InChI is InChI=1S/C28H39N5O3S2/c1-3-5-16-33(17-6-4-2)38(35,36)24-13-11-23(12-14-24)27(34)29-15-18-31-19-21-32(22-20-31)28-30-25-9-7-8-10-26(25)37-28/h7-14H,3-6,15-22H2,1-2H3,(H,29,34).